The molecule has 4 saturated heterocycles. The van der Waals surface area contributed by atoms with Crippen molar-refractivity contribution in [2.75, 3.05) is 88.3 Å². The number of aromatic hydroxyl groups is 2. The number of rotatable bonds is 9. The molecule has 4 aliphatic heterocycles. The minimum absolute atomic E-state index is 0.00554. The minimum atomic E-state index is 0.00554. The van der Waals surface area contributed by atoms with Crippen LogP contribution in [0.5, 0.6) is 11.5 Å². The highest BCUT2D eigenvalue weighted by Crippen LogP contribution is 2.45. The molecule has 0 spiro atoms. The lowest BCUT2D eigenvalue weighted by Crippen LogP contribution is -2.64. The zero-order valence-corrected chi connectivity index (χ0v) is 34.4. The van der Waals surface area contributed by atoms with Crippen molar-refractivity contribution in [2.45, 2.75) is 30.8 Å². The first-order valence-corrected chi connectivity index (χ1v) is 20.8. The van der Waals surface area contributed by atoms with E-state index in [1.807, 2.05) is 34.2 Å². The maximum absolute atomic E-state index is 11.6. The summed E-state index contributed by atoms with van der Waals surface area (Å²) in [5.41, 5.74) is 2.26. The van der Waals surface area contributed by atoms with Crippen LogP contribution in [-0.2, 0) is 9.59 Å². The maximum atomic E-state index is 11.6. The summed E-state index contributed by atoms with van der Waals surface area (Å²) in [6.45, 7) is 17.5. The monoisotopic (exact) mass is 848 g/mol. The number of carbonyl (C=O) groups excluding carboxylic acids is 2. The predicted octanol–water partition coefficient (Wildman–Crippen LogP) is 5.03. The Morgan fingerprint density at radius 2 is 1.03 bits per heavy atom. The second kappa shape index (κ2) is 16.9. The molecule has 4 aromatic rings. The van der Waals surface area contributed by atoms with Crippen LogP contribution in [0.25, 0.3) is 11.4 Å². The number of benzene rings is 2. The molecule has 0 unspecified atom stereocenters. The topological polar surface area (TPSA) is 130 Å². The van der Waals surface area contributed by atoms with Crippen molar-refractivity contribution in [2.24, 2.45) is 0 Å². The number of hydrogen-bond acceptors (Lipinski definition) is 10. The van der Waals surface area contributed by atoms with Gasteiger partial charge in [0.15, 0.2) is 11.6 Å². The highest BCUT2D eigenvalue weighted by atomic mass is 35.5. The third kappa shape index (κ3) is 8.39. The van der Waals surface area contributed by atoms with E-state index in [-0.39, 0.29) is 23.3 Å². The van der Waals surface area contributed by atoms with Gasteiger partial charge in [-0.2, -0.15) is 10.2 Å². The maximum Gasteiger partial charge on any atom is 0.246 e. The highest BCUT2D eigenvalue weighted by Gasteiger charge is 2.37. The molecule has 306 valence electrons. The van der Waals surface area contributed by atoms with Crippen LogP contribution in [0.1, 0.15) is 24.3 Å². The quantitative estimate of drug-likeness (QED) is 0.222. The number of hydrogen-bond donors (Lipinski definition) is 2. The Kier molecular flexibility index (Phi) is 11.6. The second-order valence-corrected chi connectivity index (χ2v) is 16.6. The van der Waals surface area contributed by atoms with Gasteiger partial charge in [-0.15, -0.1) is 0 Å². The first-order valence-electron chi connectivity index (χ1n) is 19.6. The summed E-state index contributed by atoms with van der Waals surface area (Å²) in [6.07, 6.45) is 8.75. The number of nitrogens with zero attached hydrogens (tertiary/aromatic N) is 10. The van der Waals surface area contributed by atoms with Crippen LogP contribution < -0.4 is 9.80 Å². The molecule has 17 heteroatoms. The summed E-state index contributed by atoms with van der Waals surface area (Å²) in [6, 6.07) is 11.4. The Morgan fingerprint density at radius 3 is 1.47 bits per heavy atom. The fraction of sp³-hybridized carbons (Fsp3) is 0.415. The van der Waals surface area contributed by atoms with Crippen LogP contribution >= 0.6 is 34.8 Å². The zero-order chi connectivity index (χ0) is 40.7. The van der Waals surface area contributed by atoms with Crippen LogP contribution in [0.3, 0.4) is 0 Å². The van der Waals surface area contributed by atoms with Crippen molar-refractivity contribution in [3.8, 4) is 22.9 Å². The lowest BCUT2D eigenvalue weighted by molar-refractivity contribution is -0.134. The molecule has 0 bridgehead atoms. The largest absolute Gasteiger partial charge is 0.506 e. The zero-order valence-electron chi connectivity index (χ0n) is 32.1. The van der Waals surface area contributed by atoms with E-state index in [9.17, 15) is 19.8 Å². The summed E-state index contributed by atoms with van der Waals surface area (Å²) >= 11 is 18.3. The van der Waals surface area contributed by atoms with E-state index in [1.54, 1.807) is 27.7 Å². The van der Waals surface area contributed by atoms with Crippen molar-refractivity contribution >= 4 is 58.3 Å². The third-order valence-corrected chi connectivity index (χ3v) is 12.8. The SMILES string of the molecule is C=CC(=O)N1CC(N2CCN(c3ccn(-c4cc(C5CC5)c(Cl)cc4O)n3)CC2)C1.C=CC(=O)N1CC(N2CCN(c3ccn(-c4cc(Cl)c(Cl)cc4O)n3)CC2)C1. The van der Waals surface area contributed by atoms with Gasteiger partial charge in [0, 0.05) is 132 Å². The predicted molar refractivity (Wildman–Crippen MR) is 226 cm³/mol. The molecule has 2 N–H and O–H groups in total. The van der Waals surface area contributed by atoms with Gasteiger partial charge in [-0.3, -0.25) is 19.4 Å². The van der Waals surface area contributed by atoms with E-state index in [0.717, 1.165) is 109 Å². The summed E-state index contributed by atoms with van der Waals surface area (Å²) in [4.78, 5) is 36.2. The number of piperazine rings is 2. The molecule has 1 aliphatic carbocycles. The Hall–Kier alpha value is -4.73. The fourth-order valence-electron chi connectivity index (χ4n) is 8.02. The Balaban J connectivity index is 0.000000162. The van der Waals surface area contributed by atoms with Crippen LogP contribution in [0.4, 0.5) is 11.6 Å². The third-order valence-electron chi connectivity index (χ3n) is 11.8. The van der Waals surface area contributed by atoms with E-state index in [2.05, 4.69) is 37.9 Å². The van der Waals surface area contributed by atoms with E-state index in [1.165, 1.54) is 18.2 Å². The average molecular weight is 850 g/mol. The van der Waals surface area contributed by atoms with Crippen molar-refractivity contribution in [3.05, 3.63) is 94.7 Å². The van der Waals surface area contributed by atoms with Crippen LogP contribution in [0.15, 0.2) is 74.1 Å². The summed E-state index contributed by atoms with van der Waals surface area (Å²) in [7, 11) is 0. The number of likely N-dealkylation sites (tertiary alicyclic amines) is 2. The first kappa shape index (κ1) is 40.1. The molecule has 2 aromatic heterocycles. The number of aromatic nitrogens is 4. The summed E-state index contributed by atoms with van der Waals surface area (Å²) in [5, 5.41) is 31.1. The molecule has 1 saturated carbocycles. The van der Waals surface area contributed by atoms with Crippen molar-refractivity contribution in [1.82, 2.24) is 39.2 Å². The molecule has 2 amide bonds. The number of amides is 2. The molecule has 58 heavy (non-hydrogen) atoms. The molecule has 6 heterocycles. The molecular weight excluding hydrogens is 803 g/mol. The molecule has 5 aliphatic rings. The van der Waals surface area contributed by atoms with Crippen molar-refractivity contribution in [1.29, 1.82) is 0 Å². The number of phenols is 2. The molecule has 0 atom stereocenters. The number of carbonyl (C=O) groups is 2. The van der Waals surface area contributed by atoms with Gasteiger partial charge in [0.25, 0.3) is 0 Å². The summed E-state index contributed by atoms with van der Waals surface area (Å²) < 4.78 is 3.34. The van der Waals surface area contributed by atoms with E-state index >= 15 is 0 Å². The smallest absolute Gasteiger partial charge is 0.246 e. The van der Waals surface area contributed by atoms with Gasteiger partial charge in [-0.25, -0.2) is 9.36 Å². The normalized spacial score (nSPS) is 19.3. The van der Waals surface area contributed by atoms with E-state index in [0.29, 0.717) is 44.4 Å². The van der Waals surface area contributed by atoms with E-state index < -0.39 is 0 Å². The molecule has 9 rings (SSSR count). The van der Waals surface area contributed by atoms with Gasteiger partial charge in [0.05, 0.1) is 10.0 Å². The van der Waals surface area contributed by atoms with Gasteiger partial charge in [0.2, 0.25) is 11.8 Å². The lowest BCUT2D eigenvalue weighted by atomic mass is 10.1. The Labute approximate surface area is 352 Å². The summed E-state index contributed by atoms with van der Waals surface area (Å²) in [5.74, 6) is 2.46. The molecule has 5 fully saturated rings. The standard InChI is InChI=1S/C22H26ClN5O2.C19H21Cl2N5O2/c1-2-22(30)27-13-16(14-27)25-7-9-26(10-8-25)21-5-6-28(24-21)19-11-17(15-3-4-15)18(23)12-20(19)29;1-2-19(28)25-11-13(12-25)23-5-7-24(8-6-23)18-3-4-26(22-18)16-9-14(20)15(21)10-17(16)27/h2,5-6,11-12,15-16,29H,1,3-4,7-10,13-14H2;2-4,9-10,13,27H,1,5-8,11-12H2. The van der Waals surface area contributed by atoms with Crippen LogP contribution in [0.2, 0.25) is 15.1 Å². The van der Waals surface area contributed by atoms with Gasteiger partial charge < -0.3 is 29.8 Å². The minimum Gasteiger partial charge on any atom is -0.506 e. The number of halogens is 3. The lowest BCUT2D eigenvalue weighted by Gasteiger charge is -2.47. The van der Waals surface area contributed by atoms with Gasteiger partial charge in [-0.1, -0.05) is 48.0 Å². The fourth-order valence-corrected chi connectivity index (χ4v) is 8.65. The molecule has 0 radical (unpaired) electrons. The Morgan fingerprint density at radius 1 is 0.621 bits per heavy atom. The van der Waals surface area contributed by atoms with E-state index in [4.69, 9.17) is 39.9 Å². The van der Waals surface area contributed by atoms with Gasteiger partial charge in [0.1, 0.15) is 22.9 Å². The number of phenolic OH excluding ortho intramolecular Hbond substituents is 2. The molecule has 2 aromatic carbocycles. The Bertz CT molecular complexity index is 2180. The number of anilines is 2. The first-order chi connectivity index (χ1) is 28.0. The second-order valence-electron chi connectivity index (χ2n) is 15.4. The van der Waals surface area contributed by atoms with Gasteiger partial charge in [-0.05, 0) is 48.6 Å². The van der Waals surface area contributed by atoms with Crippen LogP contribution in [-0.4, -0.2) is 152 Å². The van der Waals surface area contributed by atoms with Crippen molar-refractivity contribution < 1.29 is 19.8 Å². The van der Waals surface area contributed by atoms with Crippen molar-refractivity contribution in [3.63, 3.8) is 0 Å². The highest BCUT2D eigenvalue weighted by molar-refractivity contribution is 6.42. The molecule has 14 nitrogen and oxygen atoms in total. The van der Waals surface area contributed by atoms with Crippen LogP contribution in [0, 0.1) is 0 Å². The molecular formula is C41H47Cl3N10O4. The average Bonchev–Trinajstić information content (AvgIpc) is 3.69. The van der Waals surface area contributed by atoms with Gasteiger partial charge >= 0.3 is 0 Å².